The van der Waals surface area contributed by atoms with Crippen LogP contribution in [0.25, 0.3) is 22.6 Å². The third-order valence-electron chi connectivity index (χ3n) is 8.78. The van der Waals surface area contributed by atoms with E-state index in [1.165, 1.54) is 44.1 Å². The van der Waals surface area contributed by atoms with Gasteiger partial charge in [0.25, 0.3) is 0 Å². The summed E-state index contributed by atoms with van der Waals surface area (Å²) in [7, 11) is 3.26. The Morgan fingerprint density at radius 2 is 1.62 bits per heavy atom. The number of methoxy groups -OCH3 is 2. The number of benzene rings is 2. The van der Waals surface area contributed by atoms with Crippen molar-refractivity contribution in [3.8, 4) is 28.4 Å². The summed E-state index contributed by atoms with van der Waals surface area (Å²) in [5.41, 5.74) is 4.58. The number of nitrogens with one attached hydrogen (secondary N) is 1. The molecule has 4 aliphatic rings. The number of hydrogen-bond donors (Lipinski definition) is 2. The van der Waals surface area contributed by atoms with Gasteiger partial charge in [0.15, 0.2) is 6.29 Å². The van der Waals surface area contributed by atoms with Crippen LogP contribution >= 0.6 is 0 Å². The number of H-pyrrole nitrogens is 1. The van der Waals surface area contributed by atoms with E-state index in [9.17, 15) is 9.90 Å². The van der Waals surface area contributed by atoms with Gasteiger partial charge in [-0.2, -0.15) is 0 Å². The monoisotopic (exact) mass is 502 g/mol. The average molecular weight is 503 g/mol. The van der Waals surface area contributed by atoms with Gasteiger partial charge in [0.1, 0.15) is 18.2 Å². The summed E-state index contributed by atoms with van der Waals surface area (Å²) in [5.74, 6) is 3.16. The molecular formula is C30H34N2O5. The lowest BCUT2D eigenvalue weighted by Crippen LogP contribution is -2.48. The molecule has 7 heteroatoms. The number of ether oxygens (including phenoxy) is 3. The van der Waals surface area contributed by atoms with Crippen molar-refractivity contribution in [2.75, 3.05) is 20.8 Å². The summed E-state index contributed by atoms with van der Waals surface area (Å²) in [4.78, 5) is 19.2. The van der Waals surface area contributed by atoms with Crippen LogP contribution in [0, 0.1) is 17.8 Å². The molecule has 4 bridgehead atoms. The van der Waals surface area contributed by atoms with Gasteiger partial charge in [-0.15, -0.1) is 0 Å². The van der Waals surface area contributed by atoms with Crippen LogP contribution in [0.4, 0.5) is 0 Å². The molecule has 37 heavy (non-hydrogen) atoms. The van der Waals surface area contributed by atoms with Gasteiger partial charge in [-0.3, -0.25) is 0 Å². The van der Waals surface area contributed by atoms with Crippen molar-refractivity contribution in [1.82, 2.24) is 9.97 Å². The molecule has 0 aliphatic heterocycles. The molecule has 3 aromatic rings. The summed E-state index contributed by atoms with van der Waals surface area (Å²) in [6, 6.07) is 13.3. The van der Waals surface area contributed by atoms with Gasteiger partial charge >= 0.3 is 5.97 Å². The van der Waals surface area contributed by atoms with Gasteiger partial charge in [0.05, 0.1) is 17.5 Å². The van der Waals surface area contributed by atoms with E-state index in [1.807, 2.05) is 6.20 Å². The molecule has 0 spiro atoms. The molecule has 0 saturated heterocycles. The first kappa shape index (κ1) is 24.2. The first-order valence-electron chi connectivity index (χ1n) is 13.2. The molecule has 2 N–H and O–H groups in total. The maximum Gasteiger partial charge on any atom is 0.335 e. The lowest BCUT2D eigenvalue weighted by Gasteiger charge is -2.57. The molecule has 7 nitrogen and oxygen atoms in total. The Morgan fingerprint density at radius 1 is 1.00 bits per heavy atom. The van der Waals surface area contributed by atoms with E-state index in [0.717, 1.165) is 40.3 Å². The molecule has 7 rings (SSSR count). The van der Waals surface area contributed by atoms with Gasteiger partial charge < -0.3 is 24.3 Å². The molecular weight excluding hydrogens is 468 g/mol. The Morgan fingerprint density at radius 3 is 2.22 bits per heavy atom. The second-order valence-corrected chi connectivity index (χ2v) is 11.1. The summed E-state index contributed by atoms with van der Waals surface area (Å²) in [6.07, 6.45) is 9.31. The van der Waals surface area contributed by atoms with Gasteiger partial charge in [-0.1, -0.05) is 12.1 Å². The van der Waals surface area contributed by atoms with Crippen LogP contribution in [0.3, 0.4) is 0 Å². The van der Waals surface area contributed by atoms with Crippen molar-refractivity contribution in [2.45, 2.75) is 50.2 Å². The minimum atomic E-state index is -0.937. The number of carbonyl (C=O) groups is 1. The van der Waals surface area contributed by atoms with E-state index in [4.69, 9.17) is 14.2 Å². The molecule has 0 unspecified atom stereocenters. The van der Waals surface area contributed by atoms with E-state index >= 15 is 0 Å². The molecule has 2 aromatic carbocycles. The lowest BCUT2D eigenvalue weighted by atomic mass is 9.48. The minimum absolute atomic E-state index is 0.158. The van der Waals surface area contributed by atoms with Crippen molar-refractivity contribution >= 4 is 5.97 Å². The standard InChI is InChI=1S/C30H34N2O5/c1-35-27(36-2)17-37-26-8-7-23(12-24(26)30-13-18-9-19(14-30)11-20(10-18)15-30)25-16-31-28(32-25)21-3-5-22(6-4-21)29(33)34/h3-8,12,16,18-20,27H,9-11,13-15,17H2,1-2H3,(H,31,32)(H,33,34). The third kappa shape index (κ3) is 4.55. The Bertz CT molecular complexity index is 1240. The fourth-order valence-electron chi connectivity index (χ4n) is 7.45. The van der Waals surface area contributed by atoms with Crippen LogP contribution in [0.2, 0.25) is 0 Å². The second kappa shape index (κ2) is 9.62. The van der Waals surface area contributed by atoms with E-state index in [0.29, 0.717) is 12.4 Å². The lowest BCUT2D eigenvalue weighted by molar-refractivity contribution is -0.122. The Labute approximate surface area is 217 Å². The number of carboxylic acid groups (broad SMARTS) is 1. The zero-order chi connectivity index (χ0) is 25.6. The summed E-state index contributed by atoms with van der Waals surface area (Å²) >= 11 is 0. The number of aromatic amines is 1. The number of rotatable bonds is 9. The SMILES string of the molecule is COC(COc1ccc(-c2cnc(-c3ccc(C(=O)O)cc3)[nH]2)cc1C12CC3CC(CC(C3)C1)C2)OC. The van der Waals surface area contributed by atoms with Crippen LogP contribution < -0.4 is 4.74 Å². The smallest absolute Gasteiger partial charge is 0.335 e. The molecule has 1 aromatic heterocycles. The number of imidazole rings is 1. The number of nitrogens with zero attached hydrogens (tertiary/aromatic N) is 1. The number of hydrogen-bond acceptors (Lipinski definition) is 5. The molecule has 0 amide bonds. The zero-order valence-electron chi connectivity index (χ0n) is 21.4. The average Bonchev–Trinajstić information content (AvgIpc) is 3.39. The number of carboxylic acids is 1. The summed E-state index contributed by atoms with van der Waals surface area (Å²) in [6.45, 7) is 0.340. The van der Waals surface area contributed by atoms with Crippen molar-refractivity contribution in [1.29, 1.82) is 0 Å². The molecule has 0 atom stereocenters. The van der Waals surface area contributed by atoms with Crippen LogP contribution in [-0.4, -0.2) is 48.2 Å². The second-order valence-electron chi connectivity index (χ2n) is 11.1. The van der Waals surface area contributed by atoms with Crippen molar-refractivity contribution in [3.63, 3.8) is 0 Å². The van der Waals surface area contributed by atoms with Gasteiger partial charge in [-0.25, -0.2) is 9.78 Å². The maximum atomic E-state index is 11.2. The van der Waals surface area contributed by atoms with Crippen LogP contribution in [0.5, 0.6) is 5.75 Å². The highest BCUT2D eigenvalue weighted by atomic mass is 16.7. The van der Waals surface area contributed by atoms with Crippen LogP contribution in [0.15, 0.2) is 48.7 Å². The molecule has 0 radical (unpaired) electrons. The first-order chi connectivity index (χ1) is 18.0. The van der Waals surface area contributed by atoms with Crippen molar-refractivity contribution < 1.29 is 24.1 Å². The quantitative estimate of drug-likeness (QED) is 0.354. The van der Waals surface area contributed by atoms with E-state index in [2.05, 4.69) is 28.2 Å². The Kier molecular flexibility index (Phi) is 6.29. The predicted molar refractivity (Wildman–Crippen MR) is 140 cm³/mol. The maximum absolute atomic E-state index is 11.2. The first-order valence-corrected chi connectivity index (χ1v) is 13.2. The zero-order valence-corrected chi connectivity index (χ0v) is 21.4. The molecule has 194 valence electrons. The molecule has 4 saturated carbocycles. The largest absolute Gasteiger partial charge is 0.488 e. The van der Waals surface area contributed by atoms with E-state index < -0.39 is 12.3 Å². The number of aromatic carboxylic acids is 1. The molecule has 1 heterocycles. The predicted octanol–water partition coefficient (Wildman–Crippen LogP) is 5.91. The Balaban J connectivity index is 1.34. The Hall–Kier alpha value is -3.16. The highest BCUT2D eigenvalue weighted by molar-refractivity contribution is 5.88. The fourth-order valence-corrected chi connectivity index (χ4v) is 7.45. The fraction of sp³-hybridized carbons (Fsp3) is 0.467. The van der Waals surface area contributed by atoms with E-state index in [1.54, 1.807) is 38.5 Å². The summed E-state index contributed by atoms with van der Waals surface area (Å²) in [5, 5.41) is 9.18. The molecule has 4 fully saturated rings. The molecule has 4 aliphatic carbocycles. The third-order valence-corrected chi connectivity index (χ3v) is 8.78. The van der Waals surface area contributed by atoms with Crippen LogP contribution in [0.1, 0.15) is 54.4 Å². The van der Waals surface area contributed by atoms with Gasteiger partial charge in [-0.05, 0) is 92.0 Å². The number of aromatic nitrogens is 2. The highest BCUT2D eigenvalue weighted by Gasteiger charge is 2.52. The van der Waals surface area contributed by atoms with Crippen molar-refractivity contribution in [2.24, 2.45) is 17.8 Å². The van der Waals surface area contributed by atoms with Gasteiger partial charge in [0, 0.05) is 30.9 Å². The summed E-state index contributed by atoms with van der Waals surface area (Å²) < 4.78 is 17.1. The van der Waals surface area contributed by atoms with E-state index in [-0.39, 0.29) is 11.0 Å². The topological polar surface area (TPSA) is 93.7 Å². The highest BCUT2D eigenvalue weighted by Crippen LogP contribution is 2.62. The normalized spacial score (nSPS) is 26.1. The minimum Gasteiger partial charge on any atom is -0.488 e. The van der Waals surface area contributed by atoms with Gasteiger partial charge in [0.2, 0.25) is 0 Å². The van der Waals surface area contributed by atoms with Crippen LogP contribution in [-0.2, 0) is 14.9 Å². The van der Waals surface area contributed by atoms with Crippen molar-refractivity contribution in [3.05, 3.63) is 59.8 Å².